The van der Waals surface area contributed by atoms with Crippen LogP contribution in [-0.4, -0.2) is 24.8 Å². The van der Waals surface area contributed by atoms with Gasteiger partial charge in [-0.05, 0) is 67.9 Å². The molecule has 0 amide bonds. The van der Waals surface area contributed by atoms with Crippen molar-refractivity contribution in [2.45, 2.75) is 46.0 Å². The van der Waals surface area contributed by atoms with Crippen LogP contribution in [0.1, 0.15) is 52.6 Å². The summed E-state index contributed by atoms with van der Waals surface area (Å²) in [5.41, 5.74) is 6.80. The number of hydrogen-bond acceptors (Lipinski definition) is 5. The molecule has 2 heterocycles. The van der Waals surface area contributed by atoms with Gasteiger partial charge in [0.1, 0.15) is 5.58 Å². The fourth-order valence-electron chi connectivity index (χ4n) is 5.68. The molecule has 160 valence electrons. The largest absolute Gasteiger partial charge is 0.451 e. The highest BCUT2D eigenvalue weighted by molar-refractivity contribution is 6.13. The van der Waals surface area contributed by atoms with Gasteiger partial charge < -0.3 is 15.1 Å². The van der Waals surface area contributed by atoms with E-state index in [4.69, 9.17) is 4.42 Å². The molecule has 1 saturated carbocycles. The Kier molecular flexibility index (Phi) is 4.65. The Morgan fingerprint density at radius 3 is 2.55 bits per heavy atom. The van der Waals surface area contributed by atoms with Gasteiger partial charge in [-0.1, -0.05) is 36.8 Å². The number of aryl methyl sites for hydroxylation is 3. The normalized spacial score (nSPS) is 22.7. The summed E-state index contributed by atoms with van der Waals surface area (Å²) in [5.74, 6) is 1.16. The maximum absolute atomic E-state index is 13.5. The number of rotatable bonds is 4. The molecule has 3 aromatic rings. The average molecular weight is 416 g/mol. The number of carbonyl (C=O) groups excluding carboxylic acids is 1. The second-order valence-electron chi connectivity index (χ2n) is 9.39. The van der Waals surface area contributed by atoms with Crippen LogP contribution in [0.5, 0.6) is 0 Å². The van der Waals surface area contributed by atoms with E-state index in [1.807, 2.05) is 24.3 Å². The highest BCUT2D eigenvalue weighted by Crippen LogP contribution is 2.51. The standard InChI is InChI=1S/C26H29N3O2/c1-15-11-16(2)21(17(3)12-15)26(4)13-18(14-26)23(30)24-22(29-25-27-9-10-28-25)19-7-5-6-8-20(19)31-24/h5-8,11-12,18H,9-10,13-14H2,1-4H3,(H2,27,28,29). The molecule has 5 heteroatoms. The van der Waals surface area contributed by atoms with Gasteiger partial charge in [-0.3, -0.25) is 9.79 Å². The molecule has 2 aromatic carbocycles. The molecule has 1 aliphatic heterocycles. The van der Waals surface area contributed by atoms with Crippen molar-refractivity contribution in [2.24, 2.45) is 10.9 Å². The third-order valence-corrected chi connectivity index (χ3v) is 6.78. The minimum absolute atomic E-state index is 0.0267. The van der Waals surface area contributed by atoms with Crippen molar-refractivity contribution in [3.8, 4) is 0 Å². The predicted octanol–water partition coefficient (Wildman–Crippen LogP) is 5.28. The highest BCUT2D eigenvalue weighted by Gasteiger charge is 2.47. The molecule has 0 radical (unpaired) electrons. The molecule has 0 spiro atoms. The maximum Gasteiger partial charge on any atom is 0.203 e. The molecule has 0 unspecified atom stereocenters. The Bertz CT molecular complexity index is 1190. The number of fused-ring (bicyclic) bond motifs is 1. The van der Waals surface area contributed by atoms with Crippen molar-refractivity contribution < 1.29 is 9.21 Å². The van der Waals surface area contributed by atoms with Crippen LogP contribution in [0.2, 0.25) is 0 Å². The number of Topliss-reactive ketones (excluding diaryl/α,β-unsaturated/α-hetero) is 1. The van der Waals surface area contributed by atoms with Crippen molar-refractivity contribution in [2.75, 3.05) is 18.4 Å². The lowest BCUT2D eigenvalue weighted by Gasteiger charge is -2.46. The summed E-state index contributed by atoms with van der Waals surface area (Å²) in [7, 11) is 0. The molecule has 5 nitrogen and oxygen atoms in total. The Balaban J connectivity index is 1.44. The van der Waals surface area contributed by atoms with Gasteiger partial charge in [0.15, 0.2) is 11.7 Å². The topological polar surface area (TPSA) is 66.6 Å². The first-order valence-electron chi connectivity index (χ1n) is 11.1. The lowest BCUT2D eigenvalue weighted by molar-refractivity contribution is 0.0706. The second kappa shape index (κ2) is 7.26. The fraction of sp³-hybridized carbons (Fsp3) is 0.385. The number of furan rings is 1. The summed E-state index contributed by atoms with van der Waals surface area (Å²) in [6, 6.07) is 12.3. The molecule has 0 saturated heterocycles. The zero-order chi connectivity index (χ0) is 21.8. The summed E-state index contributed by atoms with van der Waals surface area (Å²) in [6.07, 6.45) is 1.68. The van der Waals surface area contributed by atoms with Gasteiger partial charge in [-0.15, -0.1) is 0 Å². The highest BCUT2D eigenvalue weighted by atomic mass is 16.3. The van der Waals surface area contributed by atoms with Crippen LogP contribution in [0.3, 0.4) is 0 Å². The number of ketones is 1. The molecule has 0 bridgehead atoms. The van der Waals surface area contributed by atoms with Crippen molar-refractivity contribution in [3.63, 3.8) is 0 Å². The van der Waals surface area contributed by atoms with Crippen LogP contribution in [-0.2, 0) is 5.41 Å². The molecule has 2 aliphatic rings. The molecular weight excluding hydrogens is 386 g/mol. The van der Waals surface area contributed by atoms with E-state index in [0.717, 1.165) is 42.6 Å². The van der Waals surface area contributed by atoms with E-state index in [1.54, 1.807) is 0 Å². The summed E-state index contributed by atoms with van der Waals surface area (Å²) >= 11 is 0. The number of carbonyl (C=O) groups is 1. The molecule has 1 aromatic heterocycles. The van der Waals surface area contributed by atoms with E-state index in [0.29, 0.717) is 11.7 Å². The fourth-order valence-corrected chi connectivity index (χ4v) is 5.68. The number of para-hydroxylation sites is 1. The quantitative estimate of drug-likeness (QED) is 0.569. The Hall–Kier alpha value is -3.08. The van der Waals surface area contributed by atoms with Gasteiger partial charge in [0, 0.05) is 17.8 Å². The second-order valence-corrected chi connectivity index (χ2v) is 9.39. The first kappa shape index (κ1) is 19.9. The lowest BCUT2D eigenvalue weighted by Crippen LogP contribution is -2.43. The molecular formula is C26H29N3O2. The Labute approximate surface area is 182 Å². The zero-order valence-corrected chi connectivity index (χ0v) is 18.6. The summed E-state index contributed by atoms with van der Waals surface area (Å²) < 4.78 is 6.07. The number of hydrogen-bond donors (Lipinski definition) is 2. The monoisotopic (exact) mass is 415 g/mol. The van der Waals surface area contributed by atoms with Gasteiger partial charge in [0.05, 0.1) is 12.2 Å². The Morgan fingerprint density at radius 2 is 1.87 bits per heavy atom. The van der Waals surface area contributed by atoms with Gasteiger partial charge in [-0.2, -0.15) is 0 Å². The number of guanidine groups is 1. The molecule has 1 aliphatic carbocycles. The van der Waals surface area contributed by atoms with Crippen LogP contribution in [0.25, 0.3) is 11.0 Å². The number of nitrogens with one attached hydrogen (secondary N) is 2. The van der Waals surface area contributed by atoms with Crippen LogP contribution < -0.4 is 10.6 Å². The zero-order valence-electron chi connectivity index (χ0n) is 18.6. The van der Waals surface area contributed by atoms with Crippen molar-refractivity contribution in [3.05, 3.63) is 64.4 Å². The van der Waals surface area contributed by atoms with E-state index in [1.165, 1.54) is 22.3 Å². The van der Waals surface area contributed by atoms with Gasteiger partial charge in [-0.25, -0.2) is 0 Å². The maximum atomic E-state index is 13.5. The lowest BCUT2D eigenvalue weighted by atomic mass is 9.57. The smallest absolute Gasteiger partial charge is 0.203 e. The van der Waals surface area contributed by atoms with Gasteiger partial charge in [0.2, 0.25) is 5.78 Å². The van der Waals surface area contributed by atoms with E-state index < -0.39 is 0 Å². The van der Waals surface area contributed by atoms with Crippen LogP contribution in [0, 0.1) is 26.7 Å². The van der Waals surface area contributed by atoms with Crippen LogP contribution in [0.4, 0.5) is 5.69 Å². The third-order valence-electron chi connectivity index (χ3n) is 6.78. The van der Waals surface area contributed by atoms with Crippen molar-refractivity contribution in [1.82, 2.24) is 5.32 Å². The third kappa shape index (κ3) is 3.32. The molecule has 0 atom stereocenters. The molecule has 5 rings (SSSR count). The number of nitrogens with zero attached hydrogens (tertiary/aromatic N) is 1. The van der Waals surface area contributed by atoms with Gasteiger partial charge >= 0.3 is 0 Å². The first-order chi connectivity index (χ1) is 14.9. The van der Waals surface area contributed by atoms with Crippen LogP contribution in [0.15, 0.2) is 45.8 Å². The van der Waals surface area contributed by atoms with Crippen molar-refractivity contribution in [1.29, 1.82) is 0 Å². The first-order valence-corrected chi connectivity index (χ1v) is 11.1. The average Bonchev–Trinajstić information content (AvgIpc) is 3.33. The number of benzene rings is 2. The Morgan fingerprint density at radius 1 is 1.16 bits per heavy atom. The molecule has 1 fully saturated rings. The van der Waals surface area contributed by atoms with Crippen molar-refractivity contribution >= 4 is 28.4 Å². The van der Waals surface area contributed by atoms with E-state index >= 15 is 0 Å². The van der Waals surface area contributed by atoms with E-state index in [2.05, 4.69) is 55.5 Å². The van der Waals surface area contributed by atoms with Gasteiger partial charge in [0.25, 0.3) is 0 Å². The molecule has 2 N–H and O–H groups in total. The minimum atomic E-state index is -0.0373. The molecule has 31 heavy (non-hydrogen) atoms. The predicted molar refractivity (Wildman–Crippen MR) is 125 cm³/mol. The minimum Gasteiger partial charge on any atom is -0.451 e. The summed E-state index contributed by atoms with van der Waals surface area (Å²) in [6.45, 7) is 10.3. The number of aliphatic imine (C=N–C) groups is 1. The summed E-state index contributed by atoms with van der Waals surface area (Å²) in [5, 5.41) is 7.45. The summed E-state index contributed by atoms with van der Waals surface area (Å²) in [4.78, 5) is 18.0. The van der Waals surface area contributed by atoms with E-state index in [-0.39, 0.29) is 17.1 Å². The van der Waals surface area contributed by atoms with Crippen LogP contribution >= 0.6 is 0 Å². The number of anilines is 1. The van der Waals surface area contributed by atoms with E-state index in [9.17, 15) is 4.79 Å². The SMILES string of the molecule is Cc1cc(C)c(C2(C)CC(C(=O)c3oc4ccccc4c3NC3=NCCN3)C2)c(C)c1.